The molecule has 0 saturated carbocycles. The number of carbonyl (C=O) groups is 1. The van der Waals surface area contributed by atoms with E-state index in [0.717, 1.165) is 36.4 Å². The molecule has 6 heteroatoms. The Bertz CT molecular complexity index is 752. The third kappa shape index (κ3) is 3.19. The predicted octanol–water partition coefficient (Wildman–Crippen LogP) is 2.16. The highest BCUT2D eigenvalue weighted by Gasteiger charge is 2.38. The largest absolute Gasteiger partial charge is 0.379 e. The molecule has 0 aliphatic carbocycles. The van der Waals surface area contributed by atoms with Gasteiger partial charge in [0.25, 0.3) is 0 Å². The first-order valence-corrected chi connectivity index (χ1v) is 8.83. The van der Waals surface area contributed by atoms with Crippen LogP contribution in [0.15, 0.2) is 36.5 Å². The monoisotopic (exact) mass is 341 g/mol. The molecule has 6 nitrogen and oxygen atoms in total. The average molecular weight is 341 g/mol. The topological polar surface area (TPSA) is 65.4 Å². The molecule has 2 aliphatic rings. The number of hydrogen-bond donors (Lipinski definition) is 1. The minimum Gasteiger partial charge on any atom is -0.379 e. The van der Waals surface area contributed by atoms with Crippen LogP contribution in [-0.4, -0.2) is 41.6 Å². The molecule has 1 N–H and O–H groups in total. The summed E-state index contributed by atoms with van der Waals surface area (Å²) in [5, 5.41) is 7.58. The molecule has 1 aromatic heterocycles. The summed E-state index contributed by atoms with van der Waals surface area (Å²) in [6, 6.07) is 10.2. The number of aromatic nitrogens is 2. The maximum absolute atomic E-state index is 12.7. The van der Waals surface area contributed by atoms with Crippen molar-refractivity contribution in [2.24, 2.45) is 5.92 Å². The van der Waals surface area contributed by atoms with Crippen LogP contribution in [0.4, 0.5) is 0 Å². The maximum Gasteiger partial charge on any atom is 0.226 e. The van der Waals surface area contributed by atoms with Gasteiger partial charge in [-0.2, -0.15) is 5.10 Å². The highest BCUT2D eigenvalue weighted by molar-refractivity contribution is 5.80. The van der Waals surface area contributed by atoms with Gasteiger partial charge < -0.3 is 14.8 Å². The average Bonchev–Trinajstić information content (AvgIpc) is 3.36. The van der Waals surface area contributed by atoms with Gasteiger partial charge in [0.05, 0.1) is 29.9 Å². The second kappa shape index (κ2) is 6.98. The fourth-order valence-electron chi connectivity index (χ4n) is 3.64. The number of ether oxygens (including phenoxy) is 2. The lowest BCUT2D eigenvalue weighted by Crippen LogP contribution is -2.40. The molecular formula is C19H23N3O3. The molecule has 0 radical (unpaired) electrons. The van der Waals surface area contributed by atoms with Gasteiger partial charge >= 0.3 is 0 Å². The van der Waals surface area contributed by atoms with Gasteiger partial charge in [-0.25, -0.2) is 4.68 Å². The van der Waals surface area contributed by atoms with Crippen molar-refractivity contribution in [2.75, 3.05) is 19.8 Å². The number of benzene rings is 1. The van der Waals surface area contributed by atoms with Gasteiger partial charge in [0.1, 0.15) is 6.10 Å². The molecule has 2 fully saturated rings. The van der Waals surface area contributed by atoms with Crippen LogP contribution in [-0.2, 0) is 14.3 Å². The van der Waals surface area contributed by atoms with Gasteiger partial charge in [-0.3, -0.25) is 4.79 Å². The van der Waals surface area contributed by atoms with Gasteiger partial charge in [-0.15, -0.1) is 0 Å². The zero-order valence-electron chi connectivity index (χ0n) is 14.4. The lowest BCUT2D eigenvalue weighted by Gasteiger charge is -2.21. The fraction of sp³-hybridized carbons (Fsp3) is 0.474. The molecule has 0 bridgehead atoms. The molecule has 2 saturated heterocycles. The maximum atomic E-state index is 12.7. The highest BCUT2D eigenvalue weighted by Crippen LogP contribution is 2.36. The molecule has 0 unspecified atom stereocenters. The lowest BCUT2D eigenvalue weighted by atomic mass is 9.97. The first kappa shape index (κ1) is 16.3. The molecule has 132 valence electrons. The van der Waals surface area contributed by atoms with E-state index in [4.69, 9.17) is 9.47 Å². The summed E-state index contributed by atoms with van der Waals surface area (Å²) in [7, 11) is 0. The summed E-state index contributed by atoms with van der Waals surface area (Å²) in [5.74, 6) is -0.143. The number of para-hydroxylation sites is 1. The van der Waals surface area contributed by atoms with Crippen LogP contribution in [0, 0.1) is 12.8 Å². The number of rotatable bonds is 4. The Morgan fingerprint density at radius 3 is 2.92 bits per heavy atom. The summed E-state index contributed by atoms with van der Waals surface area (Å²) in [4.78, 5) is 12.7. The van der Waals surface area contributed by atoms with E-state index in [1.807, 2.05) is 28.9 Å². The second-order valence-electron chi connectivity index (χ2n) is 6.71. The van der Waals surface area contributed by atoms with E-state index in [1.54, 1.807) is 6.20 Å². The molecule has 0 spiro atoms. The Hall–Kier alpha value is -2.18. The van der Waals surface area contributed by atoms with Crippen molar-refractivity contribution in [1.29, 1.82) is 0 Å². The molecular weight excluding hydrogens is 318 g/mol. The molecule has 3 atom stereocenters. The number of aryl methyl sites for hydroxylation is 1. The minimum absolute atomic E-state index is 0.0514. The third-order valence-corrected chi connectivity index (χ3v) is 5.01. The van der Waals surface area contributed by atoms with Crippen molar-refractivity contribution in [2.45, 2.75) is 31.9 Å². The normalized spacial score (nSPS) is 26.0. The van der Waals surface area contributed by atoms with Crippen LogP contribution in [0.5, 0.6) is 0 Å². The number of carbonyl (C=O) groups excluding carboxylic acids is 1. The van der Waals surface area contributed by atoms with Crippen LogP contribution in [0.1, 0.15) is 30.2 Å². The molecule has 1 aromatic carbocycles. The van der Waals surface area contributed by atoms with Gasteiger partial charge in [0.15, 0.2) is 0 Å². The summed E-state index contributed by atoms with van der Waals surface area (Å²) in [6.07, 6.45) is 3.10. The molecule has 2 aromatic rings. The van der Waals surface area contributed by atoms with Crippen molar-refractivity contribution < 1.29 is 14.3 Å². The number of nitrogens with one attached hydrogen (secondary N) is 1. The van der Waals surface area contributed by atoms with Crippen molar-refractivity contribution in [3.05, 3.63) is 47.8 Å². The SMILES string of the molecule is Cc1ccccc1-n1nccc1[C@H]1OCC[C@@H]1C(=O)N[C@H]1CCOC1. The summed E-state index contributed by atoms with van der Waals surface area (Å²) >= 11 is 0. The molecule has 4 rings (SSSR count). The Morgan fingerprint density at radius 2 is 2.12 bits per heavy atom. The predicted molar refractivity (Wildman–Crippen MR) is 92.5 cm³/mol. The van der Waals surface area contributed by atoms with E-state index in [1.165, 1.54) is 0 Å². The first-order valence-electron chi connectivity index (χ1n) is 8.83. The van der Waals surface area contributed by atoms with Crippen LogP contribution in [0.25, 0.3) is 5.69 Å². The van der Waals surface area contributed by atoms with E-state index < -0.39 is 0 Å². The van der Waals surface area contributed by atoms with E-state index in [9.17, 15) is 4.79 Å². The first-order chi connectivity index (χ1) is 12.2. The number of hydrogen-bond acceptors (Lipinski definition) is 4. The van der Waals surface area contributed by atoms with Crippen LogP contribution in [0.2, 0.25) is 0 Å². The van der Waals surface area contributed by atoms with E-state index in [-0.39, 0.29) is 24.0 Å². The second-order valence-corrected chi connectivity index (χ2v) is 6.71. The zero-order chi connectivity index (χ0) is 17.2. The van der Waals surface area contributed by atoms with Crippen molar-refractivity contribution in [3.63, 3.8) is 0 Å². The van der Waals surface area contributed by atoms with Gasteiger partial charge in [0, 0.05) is 19.4 Å². The molecule has 2 aliphatic heterocycles. The quantitative estimate of drug-likeness (QED) is 0.926. The van der Waals surface area contributed by atoms with Crippen LogP contribution >= 0.6 is 0 Å². The lowest BCUT2D eigenvalue weighted by molar-refractivity contribution is -0.127. The zero-order valence-corrected chi connectivity index (χ0v) is 14.4. The Labute approximate surface area is 147 Å². The minimum atomic E-state index is -0.274. The van der Waals surface area contributed by atoms with Crippen molar-refractivity contribution >= 4 is 5.91 Å². The Morgan fingerprint density at radius 1 is 1.24 bits per heavy atom. The van der Waals surface area contributed by atoms with Gasteiger partial charge in [-0.05, 0) is 37.5 Å². The van der Waals surface area contributed by atoms with Crippen molar-refractivity contribution in [1.82, 2.24) is 15.1 Å². The summed E-state index contributed by atoms with van der Waals surface area (Å²) in [5.41, 5.74) is 3.07. The fourth-order valence-corrected chi connectivity index (χ4v) is 3.64. The molecule has 1 amide bonds. The van der Waals surface area contributed by atoms with Crippen molar-refractivity contribution in [3.8, 4) is 5.69 Å². The Balaban J connectivity index is 1.58. The van der Waals surface area contributed by atoms with Gasteiger partial charge in [0.2, 0.25) is 5.91 Å². The summed E-state index contributed by atoms with van der Waals surface area (Å²) in [6.45, 7) is 3.96. The Kier molecular flexibility index (Phi) is 4.55. The molecule has 3 heterocycles. The number of amides is 1. The smallest absolute Gasteiger partial charge is 0.226 e. The number of nitrogens with zero attached hydrogens (tertiary/aromatic N) is 2. The standard InChI is InChI=1S/C19H23N3O3/c1-13-4-2-3-5-16(13)22-17(6-9-20-22)18-15(8-11-25-18)19(23)21-14-7-10-24-12-14/h2-6,9,14-15,18H,7-8,10-12H2,1H3,(H,21,23)/t14-,15-,18-/m0/s1. The van der Waals surface area contributed by atoms with Crippen LogP contribution < -0.4 is 5.32 Å². The van der Waals surface area contributed by atoms with E-state index in [2.05, 4.69) is 23.4 Å². The third-order valence-electron chi connectivity index (χ3n) is 5.01. The highest BCUT2D eigenvalue weighted by atomic mass is 16.5. The summed E-state index contributed by atoms with van der Waals surface area (Å²) < 4.78 is 13.2. The van der Waals surface area contributed by atoms with E-state index >= 15 is 0 Å². The van der Waals surface area contributed by atoms with Crippen LogP contribution in [0.3, 0.4) is 0 Å². The molecule has 25 heavy (non-hydrogen) atoms. The van der Waals surface area contributed by atoms with E-state index in [0.29, 0.717) is 13.2 Å². The van der Waals surface area contributed by atoms with Gasteiger partial charge in [-0.1, -0.05) is 18.2 Å².